The van der Waals surface area contributed by atoms with Gasteiger partial charge in [-0.3, -0.25) is 15.5 Å². The minimum absolute atomic E-state index is 0.0541. The Balaban J connectivity index is 2.12. The summed E-state index contributed by atoms with van der Waals surface area (Å²) in [5.74, 6) is 0. The maximum absolute atomic E-state index is 10.7. The third-order valence-electron chi connectivity index (χ3n) is 2.11. The van der Waals surface area contributed by atoms with Gasteiger partial charge in [-0.15, -0.1) is 11.3 Å². The predicted molar refractivity (Wildman–Crippen MR) is 83.9 cm³/mol. The van der Waals surface area contributed by atoms with Crippen LogP contribution in [0.2, 0.25) is 0 Å². The van der Waals surface area contributed by atoms with Crippen molar-refractivity contribution < 1.29 is 4.92 Å². The summed E-state index contributed by atoms with van der Waals surface area (Å²) < 4.78 is 0.790. The molecule has 0 aliphatic rings. The van der Waals surface area contributed by atoms with Gasteiger partial charge in [-0.2, -0.15) is 5.10 Å². The van der Waals surface area contributed by atoms with Gasteiger partial charge >= 0.3 is 0 Å². The van der Waals surface area contributed by atoms with E-state index in [1.165, 1.54) is 29.7 Å². The van der Waals surface area contributed by atoms with Crippen molar-refractivity contribution in [3.8, 4) is 0 Å². The number of halogens is 1. The fourth-order valence-electron chi connectivity index (χ4n) is 1.34. The van der Waals surface area contributed by atoms with Crippen LogP contribution in [0.4, 0.5) is 10.8 Å². The lowest BCUT2D eigenvalue weighted by Gasteiger charge is -1.97. The minimum atomic E-state index is -0.420. The Labute approximate surface area is 126 Å². The van der Waals surface area contributed by atoms with Crippen molar-refractivity contribution in [1.29, 1.82) is 0 Å². The molecule has 2 rings (SSSR count). The summed E-state index contributed by atoms with van der Waals surface area (Å²) in [6.07, 6.45) is 1.53. The maximum atomic E-state index is 10.7. The molecule has 2 aromatic rings. The van der Waals surface area contributed by atoms with Gasteiger partial charge in [0.2, 0.25) is 5.13 Å². The molecule has 0 atom stereocenters. The number of hydrogen-bond acceptors (Lipinski definition) is 6. The first-order valence-electron chi connectivity index (χ1n) is 5.21. The molecule has 0 unspecified atom stereocenters. The molecule has 0 saturated carbocycles. The number of aryl methyl sites for hydroxylation is 1. The summed E-state index contributed by atoms with van der Waals surface area (Å²) in [5, 5.41) is 17.4. The van der Waals surface area contributed by atoms with Gasteiger partial charge in [0.1, 0.15) is 0 Å². The van der Waals surface area contributed by atoms with Crippen LogP contribution in [0, 0.1) is 20.6 Å². The highest BCUT2D eigenvalue weighted by atomic mass is 127. The largest absolute Gasteiger partial charge is 0.271 e. The molecule has 1 N–H and O–H groups in total. The smallest absolute Gasteiger partial charge is 0.258 e. The van der Waals surface area contributed by atoms with Crippen LogP contribution in [0.25, 0.3) is 0 Å². The zero-order valence-corrected chi connectivity index (χ0v) is 12.8. The van der Waals surface area contributed by atoms with Crippen molar-refractivity contribution in [2.45, 2.75) is 6.92 Å². The Hall–Kier alpha value is -1.55. The molecule has 1 aromatic carbocycles. The molecule has 0 radical (unpaired) electrons. The highest BCUT2D eigenvalue weighted by molar-refractivity contribution is 14.1. The molecule has 0 spiro atoms. The number of non-ortho nitro benzene ring substituents is 1. The first-order chi connectivity index (χ1) is 9.04. The van der Waals surface area contributed by atoms with Crippen molar-refractivity contribution >= 4 is 51.0 Å². The van der Waals surface area contributed by atoms with Crippen LogP contribution < -0.4 is 5.43 Å². The standard InChI is InChI=1S/C11H9IN4O2S/c1-7-6-19-11(14-7)15-13-5-8-2-9(12)4-10(3-8)16(17)18/h2-6H,1H3,(H,14,15). The Kier molecular flexibility index (Phi) is 4.43. The summed E-state index contributed by atoms with van der Waals surface area (Å²) in [7, 11) is 0. The van der Waals surface area contributed by atoms with E-state index in [0.29, 0.717) is 10.7 Å². The highest BCUT2D eigenvalue weighted by Crippen LogP contribution is 2.18. The third-order valence-corrected chi connectivity index (χ3v) is 3.60. The molecule has 0 aliphatic carbocycles. The van der Waals surface area contributed by atoms with Gasteiger partial charge in [-0.05, 0) is 35.6 Å². The van der Waals surface area contributed by atoms with Crippen molar-refractivity contribution in [3.63, 3.8) is 0 Å². The molecule has 19 heavy (non-hydrogen) atoms. The van der Waals surface area contributed by atoms with Crippen molar-refractivity contribution in [2.24, 2.45) is 5.10 Å². The molecule has 8 heteroatoms. The molecule has 0 fully saturated rings. The molecular formula is C11H9IN4O2S. The quantitative estimate of drug-likeness (QED) is 0.377. The molecule has 0 bridgehead atoms. The Morgan fingerprint density at radius 1 is 1.53 bits per heavy atom. The van der Waals surface area contributed by atoms with E-state index in [1.807, 2.05) is 41.0 Å². The number of hydrogen-bond donors (Lipinski definition) is 1. The molecule has 98 valence electrons. The van der Waals surface area contributed by atoms with Crippen LogP contribution in [0.3, 0.4) is 0 Å². The van der Waals surface area contributed by atoms with Gasteiger partial charge < -0.3 is 0 Å². The van der Waals surface area contributed by atoms with E-state index in [0.717, 1.165) is 9.26 Å². The summed E-state index contributed by atoms with van der Waals surface area (Å²) in [4.78, 5) is 14.5. The number of nitrogens with zero attached hydrogens (tertiary/aromatic N) is 3. The van der Waals surface area contributed by atoms with E-state index in [2.05, 4.69) is 15.5 Å². The van der Waals surface area contributed by atoms with Crippen LogP contribution in [0.15, 0.2) is 28.7 Å². The normalized spacial score (nSPS) is 10.8. The van der Waals surface area contributed by atoms with Crippen molar-refractivity contribution in [2.75, 3.05) is 5.43 Å². The topological polar surface area (TPSA) is 80.4 Å². The first kappa shape index (κ1) is 13.9. The zero-order valence-electron chi connectivity index (χ0n) is 9.83. The molecule has 1 aromatic heterocycles. The van der Waals surface area contributed by atoms with E-state index in [9.17, 15) is 10.1 Å². The summed E-state index contributed by atoms with van der Waals surface area (Å²) in [6, 6.07) is 4.79. The average Bonchev–Trinajstić information content (AvgIpc) is 2.74. The van der Waals surface area contributed by atoms with E-state index >= 15 is 0 Å². The van der Waals surface area contributed by atoms with E-state index < -0.39 is 4.92 Å². The molecule has 6 nitrogen and oxygen atoms in total. The van der Waals surface area contributed by atoms with Gasteiger partial charge in [0.25, 0.3) is 5.69 Å². The Bertz CT molecular complexity index is 641. The lowest BCUT2D eigenvalue weighted by Crippen LogP contribution is -1.94. The van der Waals surface area contributed by atoms with Crippen molar-refractivity contribution in [3.05, 3.63) is 48.5 Å². The maximum Gasteiger partial charge on any atom is 0.271 e. The number of hydrazone groups is 1. The molecule has 0 aliphatic heterocycles. The SMILES string of the molecule is Cc1csc(NN=Cc2cc(I)cc([N+](=O)[O-])c2)n1. The van der Waals surface area contributed by atoms with Gasteiger partial charge in [0.05, 0.1) is 16.8 Å². The second-order valence-corrected chi connectivity index (χ2v) is 5.77. The second-order valence-electron chi connectivity index (χ2n) is 3.66. The number of anilines is 1. The molecule has 0 amide bonds. The number of rotatable bonds is 4. The summed E-state index contributed by atoms with van der Waals surface area (Å²) in [6.45, 7) is 1.90. The van der Waals surface area contributed by atoms with Gasteiger partial charge in [-0.1, -0.05) is 0 Å². The van der Waals surface area contributed by atoms with Crippen molar-refractivity contribution in [1.82, 2.24) is 4.98 Å². The van der Waals surface area contributed by atoms with Gasteiger partial charge in [-0.25, -0.2) is 4.98 Å². The monoisotopic (exact) mass is 388 g/mol. The second kappa shape index (κ2) is 6.06. The number of thiazole rings is 1. The van der Waals surface area contributed by atoms with Gasteiger partial charge in [0, 0.05) is 26.6 Å². The number of nitro benzene ring substituents is 1. The van der Waals surface area contributed by atoms with Crippen LogP contribution >= 0.6 is 33.9 Å². The predicted octanol–water partition coefficient (Wildman–Crippen LogP) is 3.41. The van der Waals surface area contributed by atoms with Crippen LogP contribution in [0.1, 0.15) is 11.3 Å². The molecule has 0 saturated heterocycles. The molecular weight excluding hydrogens is 379 g/mol. The summed E-state index contributed by atoms with van der Waals surface area (Å²) in [5.41, 5.74) is 4.43. The average molecular weight is 388 g/mol. The minimum Gasteiger partial charge on any atom is -0.258 e. The number of nitro groups is 1. The van der Waals surface area contributed by atoms with Crippen LogP contribution in [-0.2, 0) is 0 Å². The van der Waals surface area contributed by atoms with E-state index in [1.54, 1.807) is 0 Å². The fourth-order valence-corrected chi connectivity index (χ4v) is 2.66. The number of nitrogens with one attached hydrogen (secondary N) is 1. The Morgan fingerprint density at radius 2 is 2.32 bits per heavy atom. The summed E-state index contributed by atoms with van der Waals surface area (Å²) >= 11 is 3.48. The molecule has 1 heterocycles. The highest BCUT2D eigenvalue weighted by Gasteiger charge is 2.07. The zero-order chi connectivity index (χ0) is 13.8. The third kappa shape index (κ3) is 3.96. The van der Waals surface area contributed by atoms with Crippen LogP contribution in [0.5, 0.6) is 0 Å². The lowest BCUT2D eigenvalue weighted by atomic mass is 10.2. The van der Waals surface area contributed by atoms with E-state index in [4.69, 9.17) is 0 Å². The van der Waals surface area contributed by atoms with Crippen LogP contribution in [-0.4, -0.2) is 16.1 Å². The van der Waals surface area contributed by atoms with E-state index in [-0.39, 0.29) is 5.69 Å². The number of aromatic nitrogens is 1. The number of benzene rings is 1. The Morgan fingerprint density at radius 3 is 2.95 bits per heavy atom. The first-order valence-corrected chi connectivity index (χ1v) is 7.16. The lowest BCUT2D eigenvalue weighted by molar-refractivity contribution is -0.384. The fraction of sp³-hybridized carbons (Fsp3) is 0.0909. The van der Waals surface area contributed by atoms with Gasteiger partial charge in [0.15, 0.2) is 0 Å².